The zero-order chi connectivity index (χ0) is 18.1. The molecule has 1 N–H and O–H groups in total. The fourth-order valence-corrected chi connectivity index (χ4v) is 3.00. The molecule has 1 aliphatic heterocycles. The third-order valence-electron chi connectivity index (χ3n) is 4.47. The maximum atomic E-state index is 11.5. The van der Waals surface area contributed by atoms with Gasteiger partial charge in [0.1, 0.15) is 11.5 Å². The maximum Gasteiger partial charge on any atom is 0.170 e. The van der Waals surface area contributed by atoms with Gasteiger partial charge in [-0.05, 0) is 25.6 Å². The van der Waals surface area contributed by atoms with Crippen LogP contribution in [0.25, 0.3) is 22.9 Å². The van der Waals surface area contributed by atoms with Crippen LogP contribution in [0.3, 0.4) is 0 Å². The molecule has 1 unspecified atom stereocenters. The third-order valence-corrected chi connectivity index (χ3v) is 4.47. The van der Waals surface area contributed by atoms with E-state index < -0.39 is 0 Å². The summed E-state index contributed by atoms with van der Waals surface area (Å²) in [6.07, 6.45) is 9.01. The van der Waals surface area contributed by atoms with Crippen LogP contribution in [0.15, 0.2) is 18.6 Å². The second-order valence-electron chi connectivity index (χ2n) is 6.26. The number of carbonyl (C=O) groups is 1. The minimum Gasteiger partial charge on any atom is -0.379 e. The largest absolute Gasteiger partial charge is 0.379 e. The predicted octanol–water partition coefficient (Wildman–Crippen LogP) is 1.35. The molecule has 3 aromatic rings. The minimum atomic E-state index is 0.352. The first-order valence-electron chi connectivity index (χ1n) is 8.36. The zero-order valence-electron chi connectivity index (χ0n) is 14.6. The lowest BCUT2D eigenvalue weighted by atomic mass is 10.2. The number of H-pyrrole nitrogens is 1. The summed E-state index contributed by atoms with van der Waals surface area (Å²) in [5, 5.41) is 12.0. The molecule has 1 aliphatic rings. The van der Waals surface area contributed by atoms with Gasteiger partial charge in [-0.15, -0.1) is 0 Å². The number of aldehydes is 1. The molecule has 0 amide bonds. The summed E-state index contributed by atoms with van der Waals surface area (Å²) >= 11 is 0. The van der Waals surface area contributed by atoms with E-state index >= 15 is 0 Å². The number of aromatic nitrogens is 6. The fraction of sp³-hybridized carbons (Fsp3) is 0.353. The number of likely N-dealkylation sites (N-methyl/N-ethyl adjacent to an activating group) is 1. The van der Waals surface area contributed by atoms with Crippen LogP contribution >= 0.6 is 0 Å². The molecule has 1 fully saturated rings. The second kappa shape index (κ2) is 6.68. The molecule has 4 heterocycles. The van der Waals surface area contributed by atoms with Crippen LogP contribution in [-0.4, -0.2) is 67.4 Å². The van der Waals surface area contributed by atoms with Gasteiger partial charge in [0, 0.05) is 25.4 Å². The van der Waals surface area contributed by atoms with Crippen molar-refractivity contribution in [2.24, 2.45) is 0 Å². The average Bonchev–Trinajstić information content (AvgIpc) is 3.37. The molecule has 26 heavy (non-hydrogen) atoms. The lowest BCUT2D eigenvalue weighted by molar-refractivity contribution is 0.111. The lowest BCUT2D eigenvalue weighted by Crippen LogP contribution is -2.26. The molecule has 0 radical (unpaired) electrons. The molecule has 0 spiro atoms. The van der Waals surface area contributed by atoms with E-state index in [2.05, 4.69) is 30.2 Å². The molecule has 0 bridgehead atoms. The molecule has 0 aromatic carbocycles. The van der Waals surface area contributed by atoms with Crippen LogP contribution in [0, 0.1) is 6.92 Å². The van der Waals surface area contributed by atoms with E-state index in [9.17, 15) is 4.79 Å². The van der Waals surface area contributed by atoms with Crippen LogP contribution in [0.2, 0.25) is 0 Å². The minimum absolute atomic E-state index is 0.352. The predicted molar refractivity (Wildman–Crippen MR) is 95.0 cm³/mol. The van der Waals surface area contributed by atoms with Gasteiger partial charge in [0.15, 0.2) is 17.8 Å². The topological polar surface area (TPSA) is 102 Å². The van der Waals surface area contributed by atoms with Crippen LogP contribution in [0.5, 0.6) is 0 Å². The maximum absolute atomic E-state index is 11.5. The first-order valence-corrected chi connectivity index (χ1v) is 8.36. The quantitative estimate of drug-likeness (QED) is 0.691. The molecule has 9 heteroatoms. The molecule has 0 aliphatic carbocycles. The molecule has 9 nitrogen and oxygen atoms in total. The molecular weight excluding hydrogens is 334 g/mol. The first kappa shape index (κ1) is 16.4. The standard InChI is InChI=1S/C17H19N7O2/c1-11-19-16-14(7-18-21-16)17(20-11)24-8-12(15(9-25)22-24)3-5-23(2)13-4-6-26-10-13/h3,5,7-9,13H,4,6,10H2,1-2H3,(H,18,19,20,21)/b5-3-. The smallest absolute Gasteiger partial charge is 0.170 e. The molecule has 4 rings (SSSR count). The Labute approximate surface area is 149 Å². The summed E-state index contributed by atoms with van der Waals surface area (Å²) in [4.78, 5) is 22.3. The van der Waals surface area contributed by atoms with Crippen molar-refractivity contribution in [2.45, 2.75) is 19.4 Å². The normalized spacial score (nSPS) is 17.4. The Bertz CT molecular complexity index is 969. The number of carbonyl (C=O) groups excluding carboxylic acids is 1. The van der Waals surface area contributed by atoms with Crippen molar-refractivity contribution < 1.29 is 9.53 Å². The molecule has 1 saturated heterocycles. The van der Waals surface area contributed by atoms with Gasteiger partial charge < -0.3 is 9.64 Å². The third kappa shape index (κ3) is 2.97. The SMILES string of the molecule is Cc1nc(-n2cc(/C=C\N(C)C3CCOC3)c(C=O)n2)c2cn[nH]c2n1. The van der Waals surface area contributed by atoms with Crippen molar-refractivity contribution in [2.75, 3.05) is 20.3 Å². The zero-order valence-corrected chi connectivity index (χ0v) is 14.6. The first-order chi connectivity index (χ1) is 12.7. The molecule has 1 atom stereocenters. The van der Waals surface area contributed by atoms with Crippen molar-refractivity contribution in [3.63, 3.8) is 0 Å². The Kier molecular flexibility index (Phi) is 4.21. The number of hydrogen-bond donors (Lipinski definition) is 1. The number of nitrogens with zero attached hydrogens (tertiary/aromatic N) is 6. The van der Waals surface area contributed by atoms with E-state index in [4.69, 9.17) is 4.74 Å². The molecule has 3 aromatic heterocycles. The van der Waals surface area contributed by atoms with Crippen molar-refractivity contribution in [1.82, 2.24) is 34.8 Å². The number of ether oxygens (including phenoxy) is 1. The van der Waals surface area contributed by atoms with E-state index in [0.717, 1.165) is 36.9 Å². The Hall–Kier alpha value is -3.07. The summed E-state index contributed by atoms with van der Waals surface area (Å²) in [7, 11) is 2.00. The highest BCUT2D eigenvalue weighted by Crippen LogP contribution is 2.19. The van der Waals surface area contributed by atoms with Crippen molar-refractivity contribution in [3.8, 4) is 5.82 Å². The van der Waals surface area contributed by atoms with Crippen LogP contribution in [-0.2, 0) is 4.74 Å². The van der Waals surface area contributed by atoms with Gasteiger partial charge in [0.2, 0.25) is 0 Å². The number of nitrogens with one attached hydrogen (secondary N) is 1. The van der Waals surface area contributed by atoms with Gasteiger partial charge in [0.25, 0.3) is 0 Å². The molecular formula is C17H19N7O2. The Morgan fingerprint density at radius 3 is 3.08 bits per heavy atom. The fourth-order valence-electron chi connectivity index (χ4n) is 3.00. The highest BCUT2D eigenvalue weighted by molar-refractivity contribution is 5.83. The van der Waals surface area contributed by atoms with Gasteiger partial charge in [0.05, 0.1) is 24.2 Å². The van der Waals surface area contributed by atoms with E-state index in [0.29, 0.717) is 29.0 Å². The summed E-state index contributed by atoms with van der Waals surface area (Å²) in [5.41, 5.74) is 1.71. The van der Waals surface area contributed by atoms with Crippen molar-refractivity contribution >= 4 is 23.4 Å². The van der Waals surface area contributed by atoms with E-state index in [1.54, 1.807) is 24.0 Å². The van der Waals surface area contributed by atoms with E-state index in [1.165, 1.54) is 0 Å². The summed E-state index contributed by atoms with van der Waals surface area (Å²) < 4.78 is 7.00. The van der Waals surface area contributed by atoms with Gasteiger partial charge >= 0.3 is 0 Å². The van der Waals surface area contributed by atoms with Crippen molar-refractivity contribution in [1.29, 1.82) is 0 Å². The van der Waals surface area contributed by atoms with Gasteiger partial charge in [-0.25, -0.2) is 14.6 Å². The van der Waals surface area contributed by atoms with Gasteiger partial charge in [-0.1, -0.05) is 0 Å². The lowest BCUT2D eigenvalue weighted by Gasteiger charge is -2.20. The number of hydrogen-bond acceptors (Lipinski definition) is 7. The second-order valence-corrected chi connectivity index (χ2v) is 6.26. The highest BCUT2D eigenvalue weighted by atomic mass is 16.5. The van der Waals surface area contributed by atoms with E-state index in [1.807, 2.05) is 19.3 Å². The Balaban J connectivity index is 1.68. The number of aryl methyl sites for hydroxylation is 1. The summed E-state index contributed by atoms with van der Waals surface area (Å²) in [6, 6.07) is 0.357. The van der Waals surface area contributed by atoms with Gasteiger partial charge in [-0.2, -0.15) is 10.2 Å². The van der Waals surface area contributed by atoms with E-state index in [-0.39, 0.29) is 0 Å². The van der Waals surface area contributed by atoms with Crippen LogP contribution in [0.1, 0.15) is 28.3 Å². The monoisotopic (exact) mass is 353 g/mol. The molecule has 134 valence electrons. The number of aromatic amines is 1. The average molecular weight is 353 g/mol. The number of fused-ring (bicyclic) bond motifs is 1. The highest BCUT2D eigenvalue weighted by Gasteiger charge is 2.18. The Morgan fingerprint density at radius 1 is 1.42 bits per heavy atom. The van der Waals surface area contributed by atoms with Crippen molar-refractivity contribution in [3.05, 3.63) is 35.7 Å². The Morgan fingerprint density at radius 2 is 2.31 bits per heavy atom. The van der Waals surface area contributed by atoms with Gasteiger partial charge in [-0.3, -0.25) is 9.89 Å². The number of rotatable bonds is 5. The van der Waals surface area contributed by atoms with Crippen LogP contribution < -0.4 is 0 Å². The summed E-state index contributed by atoms with van der Waals surface area (Å²) in [5.74, 6) is 1.18. The van der Waals surface area contributed by atoms with Crippen LogP contribution in [0.4, 0.5) is 0 Å². The summed E-state index contributed by atoms with van der Waals surface area (Å²) in [6.45, 7) is 3.31. The molecule has 0 saturated carbocycles.